The summed E-state index contributed by atoms with van der Waals surface area (Å²) in [7, 11) is 1.63. The van der Waals surface area contributed by atoms with E-state index < -0.39 is 0 Å². The van der Waals surface area contributed by atoms with E-state index in [2.05, 4.69) is 32.5 Å². The van der Waals surface area contributed by atoms with Gasteiger partial charge in [0.15, 0.2) is 0 Å². The van der Waals surface area contributed by atoms with Crippen molar-refractivity contribution in [1.29, 1.82) is 0 Å². The molecule has 2 aliphatic heterocycles. The number of hydroxylamine groups is 2. The van der Waals surface area contributed by atoms with Gasteiger partial charge in [0.25, 0.3) is 11.5 Å². The van der Waals surface area contributed by atoms with Crippen molar-refractivity contribution in [3.63, 3.8) is 0 Å². The summed E-state index contributed by atoms with van der Waals surface area (Å²) < 4.78 is 3.58. The number of carbonyl (C=O) groups is 1. The fourth-order valence-corrected chi connectivity index (χ4v) is 5.72. The molecule has 1 amide bonds. The first-order valence-corrected chi connectivity index (χ1v) is 12.2. The van der Waals surface area contributed by atoms with Crippen LogP contribution in [-0.4, -0.2) is 46.7 Å². The number of hydrogen-bond donors (Lipinski definition) is 2. The largest absolute Gasteiger partial charge is 0.355 e. The molecule has 2 aliphatic rings. The van der Waals surface area contributed by atoms with E-state index in [0.29, 0.717) is 25.3 Å². The minimum Gasteiger partial charge on any atom is -0.355 e. The Bertz CT molecular complexity index is 1110. The maximum Gasteiger partial charge on any atom is 0.251 e. The molecular weight excluding hydrogens is 493 g/mol. The molecule has 0 saturated carbocycles. The first-order valence-electron chi connectivity index (χ1n) is 9.90. The van der Waals surface area contributed by atoms with Crippen molar-refractivity contribution in [1.82, 2.24) is 15.4 Å². The molecule has 0 spiro atoms. The second-order valence-corrected chi connectivity index (χ2v) is 9.57. The fourth-order valence-electron chi connectivity index (χ4n) is 3.42. The van der Waals surface area contributed by atoms with E-state index in [9.17, 15) is 9.59 Å². The molecule has 0 fully saturated rings. The van der Waals surface area contributed by atoms with Crippen LogP contribution in [0.5, 0.6) is 0 Å². The van der Waals surface area contributed by atoms with E-state index in [-0.39, 0.29) is 32.2 Å². The predicted molar refractivity (Wildman–Crippen MR) is 129 cm³/mol. The molecule has 6 nitrogen and oxygen atoms in total. The molecule has 0 aliphatic carbocycles. The number of amides is 1. The Hall–Kier alpha value is -2.36. The number of H-pyrrole nitrogens is 1. The Labute approximate surface area is 185 Å². The molecule has 2 N–H and O–H groups in total. The third kappa shape index (κ3) is 4.53. The summed E-state index contributed by atoms with van der Waals surface area (Å²) in [6, 6.07) is 9.63. The van der Waals surface area contributed by atoms with Gasteiger partial charge in [0, 0.05) is 34.8 Å². The number of aromatic amines is 1. The molecule has 0 radical (unpaired) electrons. The summed E-state index contributed by atoms with van der Waals surface area (Å²) >= 11 is -0.260. The van der Waals surface area contributed by atoms with Gasteiger partial charge in [0.1, 0.15) is 0 Å². The van der Waals surface area contributed by atoms with Gasteiger partial charge in [0.2, 0.25) is 0 Å². The lowest BCUT2D eigenvalue weighted by atomic mass is 10.0. The highest BCUT2D eigenvalue weighted by Crippen LogP contribution is 2.25. The molecule has 156 valence electrons. The molecule has 4 rings (SSSR count). The van der Waals surface area contributed by atoms with Crippen LogP contribution in [0.2, 0.25) is 0 Å². The van der Waals surface area contributed by atoms with Gasteiger partial charge in [-0.15, -0.1) is 0 Å². The van der Waals surface area contributed by atoms with Crippen LogP contribution < -0.4 is 10.9 Å². The number of benzene rings is 1. The lowest BCUT2D eigenvalue weighted by molar-refractivity contribution is -0.135. The van der Waals surface area contributed by atoms with Crippen molar-refractivity contribution >= 4 is 42.3 Å². The van der Waals surface area contributed by atoms with Crippen molar-refractivity contribution in [2.75, 3.05) is 26.7 Å². The van der Waals surface area contributed by atoms with Crippen molar-refractivity contribution in [3.05, 3.63) is 78.3 Å². The van der Waals surface area contributed by atoms with E-state index in [4.69, 9.17) is 4.84 Å². The topological polar surface area (TPSA) is 74.4 Å². The molecule has 0 bridgehead atoms. The average Bonchev–Trinajstić information content (AvgIpc) is 2.78. The molecule has 3 heterocycles. The van der Waals surface area contributed by atoms with Gasteiger partial charge in [-0.05, 0) is 51.4 Å². The van der Waals surface area contributed by atoms with E-state index in [0.717, 1.165) is 28.8 Å². The summed E-state index contributed by atoms with van der Waals surface area (Å²) in [6.45, 7) is 3.88. The molecule has 1 aromatic carbocycles. The monoisotopic (exact) mass is 517 g/mol. The fraction of sp³-hybridized carbons (Fsp3) is 0.261. The maximum atomic E-state index is 12.1. The number of carbonyl (C=O) groups excluding carboxylic acids is 1. The molecular formula is C23H24IN3O3. The lowest BCUT2D eigenvalue weighted by Crippen LogP contribution is -2.31. The average molecular weight is 517 g/mol. The highest BCUT2D eigenvalue weighted by Gasteiger charge is 2.17. The van der Waals surface area contributed by atoms with Crippen LogP contribution in [0.25, 0.3) is 11.6 Å². The first kappa shape index (κ1) is 20.9. The Kier molecular flexibility index (Phi) is 6.40. The second-order valence-electron chi connectivity index (χ2n) is 7.16. The number of aryl methyl sites for hydroxylation is 1. The third-order valence-corrected chi connectivity index (χ3v) is 7.84. The van der Waals surface area contributed by atoms with Crippen LogP contribution in [0, 0.1) is 3.57 Å². The number of pyridine rings is 1. The van der Waals surface area contributed by atoms with E-state index in [1.165, 1.54) is 9.14 Å². The Morgan fingerprint density at radius 1 is 1.30 bits per heavy atom. The van der Waals surface area contributed by atoms with E-state index in [1.807, 2.05) is 36.3 Å². The lowest BCUT2D eigenvalue weighted by Gasteiger charge is -2.27. The molecule has 7 heteroatoms. The summed E-state index contributed by atoms with van der Waals surface area (Å²) in [5.41, 5.74) is 5.84. The van der Waals surface area contributed by atoms with Gasteiger partial charge in [-0.3, -0.25) is 14.4 Å². The van der Waals surface area contributed by atoms with Gasteiger partial charge in [-0.25, -0.2) is 0 Å². The minimum absolute atomic E-state index is 0.0157. The van der Waals surface area contributed by atoms with Crippen molar-refractivity contribution in [2.45, 2.75) is 13.3 Å². The van der Waals surface area contributed by atoms with Crippen molar-refractivity contribution in [3.8, 4) is 0 Å². The van der Waals surface area contributed by atoms with Crippen LogP contribution in [-0.2, 0) is 11.3 Å². The molecule has 0 saturated heterocycles. The van der Waals surface area contributed by atoms with Crippen LogP contribution in [0.15, 0.2) is 46.8 Å². The summed E-state index contributed by atoms with van der Waals surface area (Å²) in [5, 5.41) is 4.57. The number of rotatable bonds is 5. The normalized spacial score (nSPS) is 16.2. The van der Waals surface area contributed by atoms with E-state index >= 15 is 0 Å². The van der Waals surface area contributed by atoms with Gasteiger partial charge in [-0.1, -0.05) is 45.9 Å². The highest BCUT2D eigenvalue weighted by molar-refractivity contribution is 14.2. The Morgan fingerprint density at radius 3 is 2.77 bits per heavy atom. The van der Waals surface area contributed by atoms with Crippen LogP contribution in [0.3, 0.4) is 0 Å². The number of halogens is 1. The maximum absolute atomic E-state index is 12.1. The molecule has 30 heavy (non-hydrogen) atoms. The SMILES string of the molecule is CCc1cc2c([nH]c1=O)C=C(CN1CC=C(c3ccc(C(=O)NC)cc3)CO1)C=I2. The molecule has 0 unspecified atom stereocenters. The second kappa shape index (κ2) is 9.20. The van der Waals surface area contributed by atoms with Crippen LogP contribution in [0.4, 0.5) is 0 Å². The number of nitrogens with zero attached hydrogens (tertiary/aromatic N) is 1. The quantitative estimate of drug-likeness (QED) is 0.599. The number of aromatic nitrogens is 1. The molecule has 0 atom stereocenters. The summed E-state index contributed by atoms with van der Waals surface area (Å²) in [4.78, 5) is 32.8. The van der Waals surface area contributed by atoms with Gasteiger partial charge in [-0.2, -0.15) is 5.06 Å². The zero-order valence-corrected chi connectivity index (χ0v) is 19.2. The van der Waals surface area contributed by atoms with Crippen LogP contribution >= 0.6 is 20.7 Å². The number of fused-ring (bicyclic) bond motifs is 1. The molecule has 1 aromatic heterocycles. The smallest absolute Gasteiger partial charge is 0.251 e. The minimum atomic E-state index is -0.260. The highest BCUT2D eigenvalue weighted by atomic mass is 127. The van der Waals surface area contributed by atoms with Gasteiger partial charge >= 0.3 is 0 Å². The van der Waals surface area contributed by atoms with Gasteiger partial charge in [0.05, 0.1) is 12.3 Å². The van der Waals surface area contributed by atoms with Crippen molar-refractivity contribution < 1.29 is 9.63 Å². The van der Waals surface area contributed by atoms with Gasteiger partial charge < -0.3 is 10.3 Å². The van der Waals surface area contributed by atoms with E-state index in [1.54, 1.807) is 7.05 Å². The van der Waals surface area contributed by atoms with Crippen molar-refractivity contribution in [2.24, 2.45) is 0 Å². The standard InChI is InChI=1S/C23H24IN3O3/c1-3-16-11-20-21(26-23(16)29)10-15(12-24-20)13-27-9-8-19(14-30-27)17-4-6-18(7-5-17)22(28)25-2/h4-8,10-12H,3,9,13-14H2,1-2H3,(H,25,28)(H,26,29). The first-order chi connectivity index (χ1) is 14.6. The summed E-state index contributed by atoms with van der Waals surface area (Å²) in [5.74, 6) is -0.0877. The zero-order chi connectivity index (χ0) is 21.1. The zero-order valence-electron chi connectivity index (χ0n) is 17.0. The number of hydrogen-bond acceptors (Lipinski definition) is 4. The predicted octanol–water partition coefficient (Wildman–Crippen LogP) is 2.97. The Balaban J connectivity index is 1.42. The summed E-state index contributed by atoms with van der Waals surface area (Å²) in [6.07, 6.45) is 4.99. The molecule has 2 aromatic rings. The van der Waals surface area contributed by atoms with Crippen LogP contribution in [0.1, 0.15) is 34.1 Å². The number of nitrogens with one attached hydrogen (secondary N) is 2. The Morgan fingerprint density at radius 2 is 2.10 bits per heavy atom. The third-order valence-electron chi connectivity index (χ3n) is 5.17.